The van der Waals surface area contributed by atoms with E-state index < -0.39 is 16.0 Å². The Morgan fingerprint density at radius 3 is 2.67 bits per heavy atom. The number of aryl methyl sites for hydroxylation is 1. The van der Waals surface area contributed by atoms with E-state index in [1.165, 1.54) is 6.20 Å². The Morgan fingerprint density at radius 2 is 2.11 bits per heavy atom. The molecular formula is C10H15N3O4S. The van der Waals surface area contributed by atoms with Gasteiger partial charge in [0.15, 0.2) is 0 Å². The van der Waals surface area contributed by atoms with Crippen LogP contribution in [0.25, 0.3) is 0 Å². The molecule has 18 heavy (non-hydrogen) atoms. The fourth-order valence-corrected chi connectivity index (χ4v) is 1.78. The van der Waals surface area contributed by atoms with E-state index in [1.54, 1.807) is 13.0 Å². The Kier molecular flexibility index (Phi) is 4.62. The number of aromatic nitrogens is 1. The number of sulfonamides is 1. The molecule has 1 aromatic rings. The number of nitrogens with one attached hydrogen (secondary N) is 2. The number of aromatic carboxylic acids is 1. The standard InChI is InChI=1S/C10H15N3O4S/c1-7-5-9(8(6-12-7)10(14)15)11-3-4-13-18(2,16)17/h5-6,13H,3-4H2,1-2H3,(H,11,12)(H,14,15). The van der Waals surface area contributed by atoms with Crippen LogP contribution in [0.3, 0.4) is 0 Å². The van der Waals surface area contributed by atoms with E-state index in [9.17, 15) is 13.2 Å². The van der Waals surface area contributed by atoms with Gasteiger partial charge in [0.2, 0.25) is 10.0 Å². The topological polar surface area (TPSA) is 108 Å². The van der Waals surface area contributed by atoms with Crippen LogP contribution in [0.15, 0.2) is 12.3 Å². The predicted molar refractivity (Wildman–Crippen MR) is 67.3 cm³/mol. The van der Waals surface area contributed by atoms with Gasteiger partial charge >= 0.3 is 5.97 Å². The Labute approximate surface area is 105 Å². The van der Waals surface area contributed by atoms with Crippen molar-refractivity contribution in [3.8, 4) is 0 Å². The van der Waals surface area contributed by atoms with Crippen LogP contribution in [0.5, 0.6) is 0 Å². The minimum absolute atomic E-state index is 0.0555. The highest BCUT2D eigenvalue weighted by molar-refractivity contribution is 7.88. The summed E-state index contributed by atoms with van der Waals surface area (Å²) in [7, 11) is -3.23. The number of pyridine rings is 1. The van der Waals surface area contributed by atoms with Crippen LogP contribution in [0.2, 0.25) is 0 Å². The van der Waals surface area contributed by atoms with Crippen molar-refractivity contribution >= 4 is 21.7 Å². The first kappa shape index (κ1) is 14.4. The van der Waals surface area contributed by atoms with Crippen molar-refractivity contribution in [2.75, 3.05) is 24.7 Å². The zero-order valence-corrected chi connectivity index (χ0v) is 10.9. The fraction of sp³-hybridized carbons (Fsp3) is 0.400. The molecule has 0 saturated heterocycles. The number of carboxylic acids is 1. The quantitative estimate of drug-likeness (QED) is 0.632. The highest BCUT2D eigenvalue weighted by Crippen LogP contribution is 2.15. The molecule has 1 rings (SSSR count). The van der Waals surface area contributed by atoms with Crippen molar-refractivity contribution in [1.29, 1.82) is 0 Å². The molecule has 0 bridgehead atoms. The summed E-state index contributed by atoms with van der Waals surface area (Å²) in [4.78, 5) is 14.8. The lowest BCUT2D eigenvalue weighted by molar-refractivity contribution is 0.0697. The summed E-state index contributed by atoms with van der Waals surface area (Å²) < 4.78 is 24.0. The van der Waals surface area contributed by atoms with E-state index in [4.69, 9.17) is 5.11 Å². The largest absolute Gasteiger partial charge is 0.478 e. The molecular weight excluding hydrogens is 258 g/mol. The summed E-state index contributed by atoms with van der Waals surface area (Å²) in [6.07, 6.45) is 2.33. The third kappa shape index (κ3) is 4.68. The van der Waals surface area contributed by atoms with Crippen molar-refractivity contribution < 1.29 is 18.3 Å². The van der Waals surface area contributed by atoms with Crippen LogP contribution < -0.4 is 10.0 Å². The number of rotatable bonds is 6. The number of carboxylic acid groups (broad SMARTS) is 1. The van der Waals surface area contributed by atoms with Crippen LogP contribution in [-0.2, 0) is 10.0 Å². The minimum atomic E-state index is -3.23. The fourth-order valence-electron chi connectivity index (χ4n) is 1.31. The van der Waals surface area contributed by atoms with Crippen LogP contribution in [0.4, 0.5) is 5.69 Å². The van der Waals surface area contributed by atoms with Crippen LogP contribution in [0.1, 0.15) is 16.1 Å². The Hall–Kier alpha value is -1.67. The van der Waals surface area contributed by atoms with Crippen molar-refractivity contribution in [2.24, 2.45) is 0 Å². The van der Waals surface area contributed by atoms with Gasteiger partial charge in [0.1, 0.15) is 5.56 Å². The summed E-state index contributed by atoms with van der Waals surface area (Å²) in [5.74, 6) is -1.08. The van der Waals surface area contributed by atoms with Gasteiger partial charge in [0.05, 0.1) is 11.9 Å². The molecule has 0 aliphatic carbocycles. The van der Waals surface area contributed by atoms with Gasteiger partial charge in [-0.3, -0.25) is 4.98 Å². The minimum Gasteiger partial charge on any atom is -0.478 e. The number of nitrogens with zero attached hydrogens (tertiary/aromatic N) is 1. The zero-order valence-electron chi connectivity index (χ0n) is 10.1. The molecule has 0 saturated carbocycles. The molecule has 0 aromatic carbocycles. The highest BCUT2D eigenvalue weighted by Gasteiger charge is 2.10. The van der Waals surface area contributed by atoms with E-state index in [-0.39, 0.29) is 18.7 Å². The maximum absolute atomic E-state index is 10.9. The molecule has 0 fully saturated rings. The molecule has 3 N–H and O–H groups in total. The van der Waals surface area contributed by atoms with Gasteiger partial charge in [-0.05, 0) is 13.0 Å². The lowest BCUT2D eigenvalue weighted by atomic mass is 10.2. The van der Waals surface area contributed by atoms with Gasteiger partial charge in [0.25, 0.3) is 0 Å². The summed E-state index contributed by atoms with van der Waals surface area (Å²) in [6.45, 7) is 2.21. The third-order valence-corrected chi connectivity index (χ3v) is 2.80. The molecule has 0 amide bonds. The molecule has 0 aliphatic heterocycles. The van der Waals surface area contributed by atoms with E-state index in [0.29, 0.717) is 11.4 Å². The van der Waals surface area contributed by atoms with Gasteiger partial charge in [-0.15, -0.1) is 0 Å². The molecule has 0 atom stereocenters. The van der Waals surface area contributed by atoms with Gasteiger partial charge < -0.3 is 10.4 Å². The summed E-state index contributed by atoms with van der Waals surface area (Å²) in [5.41, 5.74) is 1.16. The summed E-state index contributed by atoms with van der Waals surface area (Å²) in [6, 6.07) is 1.60. The lowest BCUT2D eigenvalue weighted by Gasteiger charge is -2.10. The maximum atomic E-state index is 10.9. The Morgan fingerprint density at radius 1 is 1.44 bits per heavy atom. The molecule has 1 heterocycles. The second-order valence-corrected chi connectivity index (χ2v) is 5.60. The van der Waals surface area contributed by atoms with E-state index in [2.05, 4.69) is 15.0 Å². The number of hydrogen-bond donors (Lipinski definition) is 3. The van der Waals surface area contributed by atoms with Crippen LogP contribution in [-0.4, -0.2) is 43.8 Å². The van der Waals surface area contributed by atoms with Gasteiger partial charge in [-0.1, -0.05) is 0 Å². The Balaban J connectivity index is 2.66. The van der Waals surface area contributed by atoms with Crippen molar-refractivity contribution in [3.63, 3.8) is 0 Å². The van der Waals surface area contributed by atoms with E-state index in [0.717, 1.165) is 6.26 Å². The lowest BCUT2D eigenvalue weighted by Crippen LogP contribution is -2.28. The Bertz CT molecular complexity index is 542. The zero-order chi connectivity index (χ0) is 13.8. The molecule has 0 aliphatic rings. The predicted octanol–water partition coefficient (Wildman–Crippen LogP) is 0.0493. The van der Waals surface area contributed by atoms with Crippen molar-refractivity contribution in [2.45, 2.75) is 6.92 Å². The third-order valence-electron chi connectivity index (χ3n) is 2.08. The van der Waals surface area contributed by atoms with Gasteiger partial charge in [-0.2, -0.15) is 0 Å². The second kappa shape index (κ2) is 5.78. The van der Waals surface area contributed by atoms with Crippen LogP contribution >= 0.6 is 0 Å². The molecule has 0 unspecified atom stereocenters. The normalized spacial score (nSPS) is 11.2. The van der Waals surface area contributed by atoms with Crippen LogP contribution in [0, 0.1) is 6.92 Å². The first-order chi connectivity index (χ1) is 8.29. The monoisotopic (exact) mass is 273 g/mol. The van der Waals surface area contributed by atoms with E-state index >= 15 is 0 Å². The molecule has 0 spiro atoms. The van der Waals surface area contributed by atoms with Crippen molar-refractivity contribution in [1.82, 2.24) is 9.71 Å². The molecule has 7 nitrogen and oxygen atoms in total. The summed E-state index contributed by atoms with van der Waals surface area (Å²) >= 11 is 0. The average molecular weight is 273 g/mol. The van der Waals surface area contributed by atoms with Crippen molar-refractivity contribution in [3.05, 3.63) is 23.5 Å². The first-order valence-corrected chi connectivity index (χ1v) is 7.07. The number of hydrogen-bond acceptors (Lipinski definition) is 5. The average Bonchev–Trinajstić information content (AvgIpc) is 2.22. The molecule has 8 heteroatoms. The smallest absolute Gasteiger partial charge is 0.339 e. The maximum Gasteiger partial charge on any atom is 0.339 e. The number of carbonyl (C=O) groups is 1. The van der Waals surface area contributed by atoms with Gasteiger partial charge in [0, 0.05) is 25.0 Å². The first-order valence-electron chi connectivity index (χ1n) is 5.18. The molecule has 100 valence electrons. The second-order valence-electron chi connectivity index (χ2n) is 3.77. The van der Waals surface area contributed by atoms with E-state index in [1.807, 2.05) is 0 Å². The SMILES string of the molecule is Cc1cc(NCCNS(C)(=O)=O)c(C(=O)O)cn1. The molecule has 0 radical (unpaired) electrons. The molecule has 1 aromatic heterocycles. The number of anilines is 1. The van der Waals surface area contributed by atoms with Gasteiger partial charge in [-0.25, -0.2) is 17.9 Å². The highest BCUT2D eigenvalue weighted by atomic mass is 32.2. The summed E-state index contributed by atoms with van der Waals surface area (Å²) in [5, 5.41) is 11.8.